The maximum atomic E-state index is 13.5. The summed E-state index contributed by atoms with van der Waals surface area (Å²) in [6.45, 7) is 2.17. The van der Waals surface area contributed by atoms with Crippen LogP contribution in [0.5, 0.6) is 11.5 Å². The van der Waals surface area contributed by atoms with Crippen molar-refractivity contribution in [3.05, 3.63) is 58.3 Å². The van der Waals surface area contributed by atoms with Crippen LogP contribution < -0.4 is 15.8 Å². The summed E-state index contributed by atoms with van der Waals surface area (Å²) in [6, 6.07) is 7.97. The van der Waals surface area contributed by atoms with Crippen molar-refractivity contribution in [3.63, 3.8) is 0 Å². The molecule has 5 aliphatic rings. The lowest BCUT2D eigenvalue weighted by Crippen LogP contribution is -2.74. The number of carbonyl (C=O) groups is 2. The summed E-state index contributed by atoms with van der Waals surface area (Å²) in [7, 11) is 0. The number of carboxylic acids is 1. The smallest absolute Gasteiger partial charge is 0.326 e. The SMILES string of the molecule is NCCC[C@H](NC(=O)c1cccc2c3c([nH]c12)[C@@H]1Oc2c(O)ccc4c2[C@@]12CCN(CC1CC1)[C@@H](C4)[C@]2(O)C3)C(=O)O. The number of nitrogens with one attached hydrogen (secondary N) is 2. The van der Waals surface area contributed by atoms with Gasteiger partial charge in [0.2, 0.25) is 0 Å². The third-order valence-electron chi connectivity index (χ3n) is 10.7. The predicted molar refractivity (Wildman–Crippen MR) is 154 cm³/mol. The molecule has 1 spiro atoms. The highest BCUT2D eigenvalue weighted by atomic mass is 16.5. The number of H-pyrrole nitrogens is 1. The number of aromatic hydroxyl groups is 1. The third-order valence-corrected chi connectivity index (χ3v) is 10.7. The van der Waals surface area contributed by atoms with Crippen molar-refractivity contribution in [3.8, 4) is 11.5 Å². The van der Waals surface area contributed by atoms with Crippen LogP contribution in [0.4, 0.5) is 0 Å². The molecule has 7 N–H and O–H groups in total. The van der Waals surface area contributed by atoms with E-state index in [4.69, 9.17) is 10.5 Å². The van der Waals surface area contributed by atoms with Crippen LogP contribution in [0.25, 0.3) is 10.9 Å². The number of nitrogens with zero attached hydrogens (tertiary/aromatic N) is 1. The lowest BCUT2D eigenvalue weighted by atomic mass is 9.49. The minimum absolute atomic E-state index is 0.0775. The number of benzene rings is 2. The van der Waals surface area contributed by atoms with Crippen molar-refractivity contribution < 1.29 is 29.6 Å². The zero-order valence-electron chi connectivity index (χ0n) is 23.4. The van der Waals surface area contributed by atoms with E-state index in [1.807, 2.05) is 12.1 Å². The molecular weight excluding hydrogens is 536 g/mol. The Morgan fingerprint density at radius 3 is 2.83 bits per heavy atom. The third kappa shape index (κ3) is 3.37. The molecule has 0 unspecified atom stereocenters. The molecule has 2 aliphatic heterocycles. The fourth-order valence-corrected chi connectivity index (χ4v) is 8.65. The molecule has 1 saturated heterocycles. The molecule has 0 radical (unpaired) electrons. The fourth-order valence-electron chi connectivity index (χ4n) is 8.65. The van der Waals surface area contributed by atoms with Gasteiger partial charge in [0.25, 0.3) is 5.91 Å². The summed E-state index contributed by atoms with van der Waals surface area (Å²) in [5, 5.41) is 37.1. The van der Waals surface area contributed by atoms with Crippen LogP contribution in [0.2, 0.25) is 0 Å². The lowest BCUT2D eigenvalue weighted by molar-refractivity contribution is -0.173. The largest absolute Gasteiger partial charge is 0.504 e. The summed E-state index contributed by atoms with van der Waals surface area (Å²) in [6.07, 6.45) is 4.41. The average Bonchev–Trinajstić information content (AvgIpc) is 3.60. The van der Waals surface area contributed by atoms with Gasteiger partial charge in [-0.05, 0) is 80.8 Å². The molecule has 1 aromatic heterocycles. The van der Waals surface area contributed by atoms with Crippen LogP contribution >= 0.6 is 0 Å². The molecule has 10 heteroatoms. The molecule has 3 aromatic rings. The molecular formula is C32H36N4O6. The van der Waals surface area contributed by atoms with Gasteiger partial charge < -0.3 is 36.1 Å². The summed E-state index contributed by atoms with van der Waals surface area (Å²) >= 11 is 0. The number of aliphatic hydroxyl groups is 1. The molecule has 2 aromatic carbocycles. The number of hydrogen-bond donors (Lipinski definition) is 6. The molecule has 1 amide bonds. The van der Waals surface area contributed by atoms with E-state index < -0.39 is 35.0 Å². The van der Waals surface area contributed by atoms with Gasteiger partial charge in [-0.1, -0.05) is 18.2 Å². The summed E-state index contributed by atoms with van der Waals surface area (Å²) < 4.78 is 6.65. The number of nitrogens with two attached hydrogens (primary N) is 1. The second-order valence-corrected chi connectivity index (χ2v) is 13.0. The van der Waals surface area contributed by atoms with Crippen molar-refractivity contribution in [2.75, 3.05) is 19.6 Å². The number of piperidine rings is 1. The minimum atomic E-state index is -1.13. The van der Waals surface area contributed by atoms with Crippen molar-refractivity contribution in [1.82, 2.24) is 15.2 Å². The van der Waals surface area contributed by atoms with E-state index in [0.29, 0.717) is 55.0 Å². The zero-order valence-corrected chi connectivity index (χ0v) is 23.4. The Balaban J connectivity index is 1.26. The number of hydrogen-bond acceptors (Lipinski definition) is 7. The van der Waals surface area contributed by atoms with Crippen molar-refractivity contribution >= 4 is 22.8 Å². The number of fused-ring (bicyclic) bond motifs is 4. The first kappa shape index (κ1) is 26.1. The van der Waals surface area contributed by atoms with Crippen LogP contribution in [-0.2, 0) is 23.1 Å². The van der Waals surface area contributed by atoms with E-state index in [-0.39, 0.29) is 18.2 Å². The topological polar surface area (TPSA) is 161 Å². The predicted octanol–water partition coefficient (Wildman–Crippen LogP) is 2.49. The molecule has 1 saturated carbocycles. The minimum Gasteiger partial charge on any atom is -0.504 e. The van der Waals surface area contributed by atoms with Crippen LogP contribution in [0, 0.1) is 5.92 Å². The molecule has 2 bridgehead atoms. The van der Waals surface area contributed by atoms with Crippen molar-refractivity contribution in [1.29, 1.82) is 0 Å². The van der Waals surface area contributed by atoms with Crippen LogP contribution in [0.15, 0.2) is 30.3 Å². The second kappa shape index (κ2) is 8.95. The zero-order chi connectivity index (χ0) is 29.0. The van der Waals surface area contributed by atoms with E-state index in [2.05, 4.69) is 15.2 Å². The summed E-state index contributed by atoms with van der Waals surface area (Å²) in [4.78, 5) is 31.3. The second-order valence-electron chi connectivity index (χ2n) is 13.0. The number of likely N-dealkylation sites (tertiary alicyclic amines) is 1. The fraction of sp³-hybridized carbons (Fsp3) is 0.500. The molecule has 3 heterocycles. The lowest BCUT2D eigenvalue weighted by Gasteiger charge is -2.62. The van der Waals surface area contributed by atoms with Gasteiger partial charge in [-0.3, -0.25) is 9.69 Å². The van der Waals surface area contributed by atoms with Gasteiger partial charge in [-0.2, -0.15) is 0 Å². The van der Waals surface area contributed by atoms with Gasteiger partial charge in [0.1, 0.15) is 6.04 Å². The molecule has 220 valence electrons. The Kier molecular flexibility index (Phi) is 5.55. The Bertz CT molecular complexity index is 1650. The van der Waals surface area contributed by atoms with Crippen LogP contribution in [0.1, 0.15) is 71.0 Å². The maximum absolute atomic E-state index is 13.5. The average molecular weight is 573 g/mol. The number of carbonyl (C=O) groups excluding carboxylic acids is 1. The summed E-state index contributed by atoms with van der Waals surface area (Å²) in [5.74, 6) is -0.367. The highest BCUT2D eigenvalue weighted by molar-refractivity contribution is 6.08. The van der Waals surface area contributed by atoms with Gasteiger partial charge >= 0.3 is 5.97 Å². The van der Waals surface area contributed by atoms with Crippen LogP contribution in [-0.4, -0.2) is 74.4 Å². The first-order valence-electron chi connectivity index (χ1n) is 15.1. The van der Waals surface area contributed by atoms with Gasteiger partial charge in [0.05, 0.1) is 27.8 Å². The Labute approximate surface area is 242 Å². The van der Waals surface area contributed by atoms with E-state index in [1.54, 1.807) is 18.2 Å². The molecule has 2 fully saturated rings. The molecule has 42 heavy (non-hydrogen) atoms. The maximum Gasteiger partial charge on any atom is 0.326 e. The number of ether oxygens (including phenoxy) is 1. The number of rotatable bonds is 8. The van der Waals surface area contributed by atoms with Crippen molar-refractivity contribution in [2.45, 2.75) is 74.1 Å². The number of aliphatic carboxylic acids is 1. The van der Waals surface area contributed by atoms with Crippen molar-refractivity contribution in [2.24, 2.45) is 11.7 Å². The van der Waals surface area contributed by atoms with Gasteiger partial charge in [-0.15, -0.1) is 0 Å². The number of aromatic amines is 1. The Hall–Kier alpha value is -3.60. The van der Waals surface area contributed by atoms with Gasteiger partial charge in [-0.25, -0.2) is 4.79 Å². The van der Waals surface area contributed by atoms with E-state index in [1.165, 1.54) is 12.8 Å². The molecule has 5 atom stereocenters. The number of amides is 1. The van der Waals surface area contributed by atoms with E-state index >= 15 is 0 Å². The highest BCUT2D eigenvalue weighted by Crippen LogP contribution is 2.69. The Morgan fingerprint density at radius 2 is 2.07 bits per heavy atom. The Morgan fingerprint density at radius 1 is 1.24 bits per heavy atom. The first-order valence-corrected chi connectivity index (χ1v) is 15.1. The van der Waals surface area contributed by atoms with Gasteiger partial charge in [0, 0.05) is 30.0 Å². The molecule has 10 nitrogen and oxygen atoms in total. The highest BCUT2D eigenvalue weighted by Gasteiger charge is 2.72. The normalized spacial score (nSPS) is 29.5. The number of phenolic OH excluding ortho intramolecular Hbond substituents is 1. The van der Waals surface area contributed by atoms with E-state index in [9.17, 15) is 24.9 Å². The standard InChI is InChI=1S/C32H36N4O6/c33-11-2-5-21(30(39)40)34-29(38)19-4-1-3-18-20-14-32(41)23-13-17-8-9-22(37)27-24(17)31(32,10-12-36(23)15-16-6-7-16)28(42-27)26(20)35-25(18)19/h1,3-4,8-9,16,21,23,28,35,37,41H,2,5-7,10-15,33H2,(H,34,38)(H,39,40)/t21-,23-,28-,31-,32+/m0/s1. The van der Waals surface area contributed by atoms with Gasteiger partial charge in [0.15, 0.2) is 17.6 Å². The summed E-state index contributed by atoms with van der Waals surface area (Å²) in [5.41, 5.74) is 8.43. The molecule has 3 aliphatic carbocycles. The number of aromatic nitrogens is 1. The monoisotopic (exact) mass is 572 g/mol. The first-order chi connectivity index (χ1) is 20.3. The van der Waals surface area contributed by atoms with Crippen LogP contribution in [0.3, 0.4) is 0 Å². The number of phenols is 1. The number of carboxylic acid groups (broad SMARTS) is 1. The number of para-hydroxylation sites is 1. The molecule has 8 rings (SSSR count). The van der Waals surface area contributed by atoms with E-state index in [0.717, 1.165) is 40.9 Å². The quantitative estimate of drug-likeness (QED) is 0.240.